The molecule has 4 aromatic rings. The second-order valence-corrected chi connectivity index (χ2v) is 12.7. The van der Waals surface area contributed by atoms with Gasteiger partial charge in [-0.3, -0.25) is 39.8 Å². The summed E-state index contributed by atoms with van der Waals surface area (Å²) in [6.07, 6.45) is 7.96. The van der Waals surface area contributed by atoms with Gasteiger partial charge < -0.3 is 0 Å². The molecule has 0 bridgehead atoms. The third-order valence-corrected chi connectivity index (χ3v) is 7.44. The van der Waals surface area contributed by atoms with Crippen LogP contribution in [0.3, 0.4) is 0 Å². The van der Waals surface area contributed by atoms with Crippen LogP contribution in [-0.4, -0.2) is 61.6 Å². The number of aromatic nitrogens is 2. The Morgan fingerprint density at radius 3 is 1.59 bits per heavy atom. The number of hydroxylamine groups is 2. The number of rotatable bonds is 15. The first kappa shape index (κ1) is 38.8. The molecule has 0 fully saturated rings. The van der Waals surface area contributed by atoms with Crippen LogP contribution in [0.2, 0.25) is 0 Å². The van der Waals surface area contributed by atoms with E-state index in [0.29, 0.717) is 42.6 Å². The Balaban J connectivity index is 0.000000266. The lowest BCUT2D eigenvalue weighted by atomic mass is 10.1. The molecular weight excluding hydrogens is 630 g/mol. The van der Waals surface area contributed by atoms with E-state index in [4.69, 9.17) is 10.4 Å². The minimum atomic E-state index is -0.727. The topological polar surface area (TPSA) is 131 Å². The summed E-state index contributed by atoms with van der Waals surface area (Å²) < 4.78 is 28.6. The van der Waals surface area contributed by atoms with Gasteiger partial charge in [-0.25, -0.2) is 19.7 Å². The number of hydrogen-bond acceptors (Lipinski definition) is 8. The largest absolute Gasteiger partial charge is 0.298 e. The normalized spacial score (nSPS) is 11.1. The first-order chi connectivity index (χ1) is 23.5. The standard InChI is InChI=1S/C19H24FN3O2.C18H22FN3O2/c1-14(2)12-23(9-7-15-4-3-8-21-11-15)13-17-6-5-16(10-18(17)20)19(24)22-25;1-13(2)10-22(11-14-4-3-7-20-9-14)12-16-6-5-15(8-17(16)19)18(23)21-24/h3-6,8,10-11,14,25H,7,9,12-13H2,1-2H3,(H,22,24);3-9,13,24H,10-12H2,1-2H3,(H,21,23). The van der Waals surface area contributed by atoms with Gasteiger partial charge in [0.1, 0.15) is 11.6 Å². The van der Waals surface area contributed by atoms with Crippen molar-refractivity contribution in [1.82, 2.24) is 30.7 Å². The summed E-state index contributed by atoms with van der Waals surface area (Å²) in [6.45, 7) is 12.5. The molecule has 0 aliphatic carbocycles. The van der Waals surface area contributed by atoms with E-state index < -0.39 is 23.4 Å². The van der Waals surface area contributed by atoms with Crippen molar-refractivity contribution in [2.75, 3.05) is 19.6 Å². The second-order valence-electron chi connectivity index (χ2n) is 12.7. The number of halogens is 2. The van der Waals surface area contributed by atoms with Crippen LogP contribution < -0.4 is 11.0 Å². The fourth-order valence-electron chi connectivity index (χ4n) is 5.28. The van der Waals surface area contributed by atoms with E-state index >= 15 is 0 Å². The Kier molecular flexibility index (Phi) is 15.9. The predicted molar refractivity (Wildman–Crippen MR) is 183 cm³/mol. The van der Waals surface area contributed by atoms with Crippen molar-refractivity contribution in [1.29, 1.82) is 0 Å². The maximum atomic E-state index is 14.3. The zero-order valence-electron chi connectivity index (χ0n) is 28.4. The third kappa shape index (κ3) is 13.4. The summed E-state index contributed by atoms with van der Waals surface area (Å²) in [5, 5.41) is 17.3. The van der Waals surface area contributed by atoms with Gasteiger partial charge in [0.2, 0.25) is 0 Å². The summed E-state index contributed by atoms with van der Waals surface area (Å²) in [6, 6.07) is 16.3. The molecule has 4 rings (SSSR count). The highest BCUT2D eigenvalue weighted by atomic mass is 19.1. The highest BCUT2D eigenvalue weighted by Gasteiger charge is 2.16. The van der Waals surface area contributed by atoms with E-state index in [1.807, 2.05) is 30.5 Å². The minimum Gasteiger partial charge on any atom is -0.298 e. The summed E-state index contributed by atoms with van der Waals surface area (Å²) in [7, 11) is 0. The molecule has 49 heavy (non-hydrogen) atoms. The van der Waals surface area contributed by atoms with Gasteiger partial charge in [-0.2, -0.15) is 0 Å². The fraction of sp³-hybridized carbons (Fsp3) is 0.351. The molecule has 0 aliphatic rings. The number of pyridine rings is 2. The van der Waals surface area contributed by atoms with Crippen molar-refractivity contribution < 1.29 is 28.8 Å². The molecule has 262 valence electrons. The molecule has 0 saturated heterocycles. The van der Waals surface area contributed by atoms with Gasteiger partial charge in [-0.15, -0.1) is 0 Å². The maximum absolute atomic E-state index is 14.3. The lowest BCUT2D eigenvalue weighted by Crippen LogP contribution is -2.30. The highest BCUT2D eigenvalue weighted by Crippen LogP contribution is 2.17. The van der Waals surface area contributed by atoms with E-state index in [-0.39, 0.29) is 11.1 Å². The van der Waals surface area contributed by atoms with Crippen molar-refractivity contribution in [2.24, 2.45) is 11.8 Å². The van der Waals surface area contributed by atoms with E-state index in [2.05, 4.69) is 47.5 Å². The number of amides is 2. The van der Waals surface area contributed by atoms with Gasteiger partial charge in [0.25, 0.3) is 11.8 Å². The van der Waals surface area contributed by atoms with E-state index in [1.54, 1.807) is 30.7 Å². The molecule has 12 heteroatoms. The Morgan fingerprint density at radius 1 is 0.694 bits per heavy atom. The van der Waals surface area contributed by atoms with Crippen molar-refractivity contribution in [3.05, 3.63) is 130 Å². The molecular formula is C37H46F2N6O4. The van der Waals surface area contributed by atoms with Crippen LogP contribution in [-0.2, 0) is 26.1 Å². The molecule has 0 saturated carbocycles. The maximum Gasteiger partial charge on any atom is 0.274 e. The number of nitrogens with one attached hydrogen (secondary N) is 2. The van der Waals surface area contributed by atoms with E-state index in [0.717, 1.165) is 49.3 Å². The molecule has 2 heterocycles. The van der Waals surface area contributed by atoms with E-state index in [1.165, 1.54) is 23.1 Å². The Bertz CT molecular complexity index is 1610. The number of carbonyl (C=O) groups is 2. The van der Waals surface area contributed by atoms with Gasteiger partial charge in [-0.1, -0.05) is 52.0 Å². The van der Waals surface area contributed by atoms with Gasteiger partial charge >= 0.3 is 0 Å². The molecule has 0 spiro atoms. The van der Waals surface area contributed by atoms with Crippen LogP contribution in [0.15, 0.2) is 85.5 Å². The van der Waals surface area contributed by atoms with Crippen LogP contribution in [0, 0.1) is 23.5 Å². The average molecular weight is 677 g/mol. The van der Waals surface area contributed by atoms with Crippen LogP contribution in [0.5, 0.6) is 0 Å². The molecule has 2 aromatic carbocycles. The van der Waals surface area contributed by atoms with Crippen LogP contribution >= 0.6 is 0 Å². The molecule has 2 aromatic heterocycles. The molecule has 0 radical (unpaired) electrons. The number of nitrogens with zero attached hydrogens (tertiary/aromatic N) is 4. The van der Waals surface area contributed by atoms with E-state index in [9.17, 15) is 18.4 Å². The quantitative estimate of drug-likeness (QED) is 0.0886. The Labute approximate surface area is 286 Å². The Morgan fingerprint density at radius 2 is 1.16 bits per heavy atom. The molecule has 0 aliphatic heterocycles. The van der Waals surface area contributed by atoms with Gasteiger partial charge in [0.05, 0.1) is 0 Å². The smallest absolute Gasteiger partial charge is 0.274 e. The number of hydrogen-bond donors (Lipinski definition) is 4. The lowest BCUT2D eigenvalue weighted by molar-refractivity contribution is 0.0701. The van der Waals surface area contributed by atoms with Crippen molar-refractivity contribution in [3.8, 4) is 0 Å². The SMILES string of the molecule is CC(C)CN(CCc1cccnc1)Cc1ccc(C(=O)NO)cc1F.CC(C)CN(Cc1cccnc1)Cc1ccc(C(=O)NO)cc1F. The van der Waals surface area contributed by atoms with Gasteiger partial charge in [0, 0.05) is 86.3 Å². The first-order valence-corrected chi connectivity index (χ1v) is 16.2. The molecule has 10 nitrogen and oxygen atoms in total. The number of benzene rings is 2. The first-order valence-electron chi connectivity index (χ1n) is 16.2. The monoisotopic (exact) mass is 676 g/mol. The molecule has 0 atom stereocenters. The predicted octanol–water partition coefficient (Wildman–Crippen LogP) is 6.04. The second kappa shape index (κ2) is 20.0. The van der Waals surface area contributed by atoms with Crippen LogP contribution in [0.1, 0.15) is 70.7 Å². The number of carbonyl (C=O) groups excluding carboxylic acids is 2. The summed E-state index contributed by atoms with van der Waals surface area (Å²) >= 11 is 0. The summed E-state index contributed by atoms with van der Waals surface area (Å²) in [4.78, 5) is 35.3. The average Bonchev–Trinajstić information content (AvgIpc) is 3.08. The zero-order chi connectivity index (χ0) is 35.8. The lowest BCUT2D eigenvalue weighted by Gasteiger charge is -2.24. The fourth-order valence-corrected chi connectivity index (χ4v) is 5.28. The van der Waals surface area contributed by atoms with Gasteiger partial charge in [-0.05, 0) is 65.8 Å². The summed E-state index contributed by atoms with van der Waals surface area (Å²) in [5.74, 6) is -1.47. The zero-order valence-corrected chi connectivity index (χ0v) is 28.4. The molecule has 4 N–H and O–H groups in total. The molecule has 2 amide bonds. The molecule has 0 unspecified atom stereocenters. The minimum absolute atomic E-state index is 0.0846. The highest BCUT2D eigenvalue weighted by molar-refractivity contribution is 5.93. The third-order valence-electron chi connectivity index (χ3n) is 7.44. The Hall–Kier alpha value is -4.62. The van der Waals surface area contributed by atoms with Crippen molar-refractivity contribution in [3.63, 3.8) is 0 Å². The van der Waals surface area contributed by atoms with Crippen LogP contribution in [0.25, 0.3) is 0 Å². The van der Waals surface area contributed by atoms with Gasteiger partial charge in [0.15, 0.2) is 0 Å². The van der Waals surface area contributed by atoms with Crippen molar-refractivity contribution in [2.45, 2.75) is 53.8 Å². The van der Waals surface area contributed by atoms with Crippen molar-refractivity contribution >= 4 is 11.8 Å². The van der Waals surface area contributed by atoms with Crippen LogP contribution in [0.4, 0.5) is 8.78 Å². The summed E-state index contributed by atoms with van der Waals surface area (Å²) in [5.41, 5.74) is 6.44.